The number of phenolic OH excluding ortho intramolecular Hbond substituents is 1. The fourth-order valence-corrected chi connectivity index (χ4v) is 3.96. The van der Waals surface area contributed by atoms with E-state index in [9.17, 15) is 9.90 Å². The summed E-state index contributed by atoms with van der Waals surface area (Å²) in [4.78, 5) is 15.0. The molecule has 4 rings (SSSR count). The third-order valence-corrected chi connectivity index (χ3v) is 5.62. The van der Waals surface area contributed by atoms with Gasteiger partial charge in [0.05, 0.1) is 25.4 Å². The van der Waals surface area contributed by atoms with Crippen LogP contribution < -0.4 is 4.74 Å². The summed E-state index contributed by atoms with van der Waals surface area (Å²) in [6.45, 7) is 0.197. The monoisotopic (exact) mass is 443 g/mol. The van der Waals surface area contributed by atoms with Crippen molar-refractivity contribution in [3.05, 3.63) is 64.3 Å². The Labute approximate surface area is 184 Å². The first-order chi connectivity index (χ1) is 15.0. The van der Waals surface area contributed by atoms with Crippen molar-refractivity contribution in [1.82, 2.24) is 15.1 Å². The van der Waals surface area contributed by atoms with E-state index in [2.05, 4.69) is 10.2 Å². The number of amides is 1. The Morgan fingerprint density at radius 3 is 2.52 bits per heavy atom. The van der Waals surface area contributed by atoms with Crippen LogP contribution in [0.2, 0.25) is 5.02 Å². The Kier molecular flexibility index (Phi) is 5.86. The molecule has 2 aromatic carbocycles. The molecular weight excluding hydrogens is 422 g/mol. The van der Waals surface area contributed by atoms with Crippen LogP contribution in [-0.2, 0) is 9.47 Å². The molecule has 1 aliphatic rings. The number of hydrogen-bond donors (Lipinski definition) is 2. The standard InChI is InChI=1S/C22H22ClN3O5/c1-29-16-10-13(6-9-15(16)27)21-18-19(12-4-7-14(23)8-5-12)24-25-20(18)22(28)26(21)11-17(30-2)31-3/h4-10,17,21,27H,11H2,1-3H3,(H,24,25). The highest BCUT2D eigenvalue weighted by molar-refractivity contribution is 6.30. The lowest BCUT2D eigenvalue weighted by atomic mass is 9.95. The van der Waals surface area contributed by atoms with Gasteiger partial charge in [-0.25, -0.2) is 0 Å². The van der Waals surface area contributed by atoms with Gasteiger partial charge in [-0.1, -0.05) is 29.8 Å². The van der Waals surface area contributed by atoms with Crippen molar-refractivity contribution in [3.8, 4) is 22.8 Å². The molecule has 1 aromatic heterocycles. The average molecular weight is 444 g/mol. The lowest BCUT2D eigenvalue weighted by Crippen LogP contribution is -2.38. The number of hydrogen-bond acceptors (Lipinski definition) is 6. The van der Waals surface area contributed by atoms with E-state index >= 15 is 0 Å². The van der Waals surface area contributed by atoms with Crippen LogP contribution in [0, 0.1) is 0 Å². The van der Waals surface area contributed by atoms with Crippen molar-refractivity contribution in [2.75, 3.05) is 27.9 Å². The van der Waals surface area contributed by atoms with Gasteiger partial charge in [0.2, 0.25) is 0 Å². The van der Waals surface area contributed by atoms with E-state index in [1.165, 1.54) is 21.3 Å². The maximum absolute atomic E-state index is 13.3. The van der Waals surface area contributed by atoms with E-state index in [1.54, 1.807) is 35.2 Å². The van der Waals surface area contributed by atoms with E-state index in [-0.39, 0.29) is 18.2 Å². The number of aromatic hydroxyl groups is 1. The molecule has 1 atom stereocenters. The zero-order valence-electron chi connectivity index (χ0n) is 17.3. The predicted molar refractivity (Wildman–Crippen MR) is 114 cm³/mol. The fraction of sp³-hybridized carbons (Fsp3) is 0.273. The molecule has 0 saturated heterocycles. The van der Waals surface area contributed by atoms with Gasteiger partial charge in [0.15, 0.2) is 17.8 Å². The van der Waals surface area contributed by atoms with Gasteiger partial charge in [-0.15, -0.1) is 0 Å². The maximum atomic E-state index is 13.3. The number of carbonyl (C=O) groups is 1. The second-order valence-electron chi connectivity index (χ2n) is 7.06. The number of phenols is 1. The van der Waals surface area contributed by atoms with Crippen LogP contribution in [-0.4, -0.2) is 60.3 Å². The first kappa shape index (κ1) is 21.2. The summed E-state index contributed by atoms with van der Waals surface area (Å²) in [5.74, 6) is 0.0999. The van der Waals surface area contributed by atoms with Gasteiger partial charge in [0.25, 0.3) is 5.91 Å². The summed E-state index contributed by atoms with van der Waals surface area (Å²) < 4.78 is 16.0. The number of H-pyrrole nitrogens is 1. The Morgan fingerprint density at radius 1 is 1.16 bits per heavy atom. The third-order valence-electron chi connectivity index (χ3n) is 5.37. The van der Waals surface area contributed by atoms with Crippen molar-refractivity contribution >= 4 is 17.5 Å². The summed E-state index contributed by atoms with van der Waals surface area (Å²) >= 11 is 6.04. The summed E-state index contributed by atoms with van der Waals surface area (Å²) in [5, 5.41) is 18.0. The SMILES string of the molecule is COc1cc(C2c3c(-c4ccc(Cl)cc4)n[nH]c3C(=O)N2CC(OC)OC)ccc1O. The van der Waals surface area contributed by atoms with E-state index in [4.69, 9.17) is 25.8 Å². The van der Waals surface area contributed by atoms with E-state index < -0.39 is 12.3 Å². The second kappa shape index (κ2) is 8.58. The molecule has 1 amide bonds. The highest BCUT2D eigenvalue weighted by Crippen LogP contribution is 2.44. The van der Waals surface area contributed by atoms with Crippen molar-refractivity contribution in [2.24, 2.45) is 0 Å². The zero-order chi connectivity index (χ0) is 22.1. The van der Waals surface area contributed by atoms with E-state index in [0.717, 1.165) is 16.7 Å². The molecule has 0 radical (unpaired) electrons. The van der Waals surface area contributed by atoms with Gasteiger partial charge in [0, 0.05) is 30.4 Å². The Bertz CT molecular complexity index is 1100. The highest BCUT2D eigenvalue weighted by Gasteiger charge is 2.43. The van der Waals surface area contributed by atoms with Crippen LogP contribution in [0.15, 0.2) is 42.5 Å². The Balaban J connectivity index is 1.87. The lowest BCUT2D eigenvalue weighted by Gasteiger charge is -2.29. The number of ether oxygens (including phenoxy) is 3. The number of aromatic nitrogens is 2. The minimum Gasteiger partial charge on any atom is -0.504 e. The lowest BCUT2D eigenvalue weighted by molar-refractivity contribution is -0.113. The zero-order valence-corrected chi connectivity index (χ0v) is 18.0. The van der Waals surface area contributed by atoms with Crippen molar-refractivity contribution in [3.63, 3.8) is 0 Å². The number of halogens is 1. The number of carbonyl (C=O) groups excluding carboxylic acids is 1. The van der Waals surface area contributed by atoms with Crippen molar-refractivity contribution in [2.45, 2.75) is 12.3 Å². The fourth-order valence-electron chi connectivity index (χ4n) is 3.83. The molecular formula is C22H22ClN3O5. The van der Waals surface area contributed by atoms with Crippen LogP contribution in [0.1, 0.15) is 27.7 Å². The topological polar surface area (TPSA) is 96.9 Å². The minimum absolute atomic E-state index is 0.0131. The van der Waals surface area contributed by atoms with E-state index in [0.29, 0.717) is 22.2 Å². The van der Waals surface area contributed by atoms with Crippen LogP contribution >= 0.6 is 11.6 Å². The molecule has 3 aromatic rings. The summed E-state index contributed by atoms with van der Waals surface area (Å²) in [5.41, 5.74) is 3.34. The van der Waals surface area contributed by atoms with Crippen LogP contribution in [0.3, 0.4) is 0 Å². The maximum Gasteiger partial charge on any atom is 0.273 e. The van der Waals surface area contributed by atoms with Gasteiger partial charge < -0.3 is 24.2 Å². The average Bonchev–Trinajstić information content (AvgIpc) is 3.32. The number of nitrogens with one attached hydrogen (secondary N) is 1. The predicted octanol–water partition coefficient (Wildman–Crippen LogP) is 3.61. The molecule has 8 nitrogen and oxygen atoms in total. The van der Waals surface area contributed by atoms with Crippen LogP contribution in [0.5, 0.6) is 11.5 Å². The molecule has 0 fully saturated rings. The highest BCUT2D eigenvalue weighted by atomic mass is 35.5. The number of nitrogens with zero attached hydrogens (tertiary/aromatic N) is 2. The van der Waals surface area contributed by atoms with Gasteiger partial charge in [-0.05, 0) is 29.8 Å². The molecule has 0 aliphatic carbocycles. The first-order valence-electron chi connectivity index (χ1n) is 9.56. The quantitative estimate of drug-likeness (QED) is 0.541. The summed E-state index contributed by atoms with van der Waals surface area (Å²) in [6, 6.07) is 11.8. The van der Waals surface area contributed by atoms with Gasteiger partial charge in [-0.3, -0.25) is 9.89 Å². The first-order valence-corrected chi connectivity index (χ1v) is 9.94. The van der Waals surface area contributed by atoms with E-state index in [1.807, 2.05) is 12.1 Å². The Hall–Kier alpha value is -3.07. The number of benzene rings is 2. The molecule has 1 aliphatic heterocycles. The molecule has 162 valence electrons. The van der Waals surface area contributed by atoms with Gasteiger partial charge in [-0.2, -0.15) is 5.10 Å². The number of fused-ring (bicyclic) bond motifs is 1. The smallest absolute Gasteiger partial charge is 0.273 e. The molecule has 2 heterocycles. The number of rotatable bonds is 7. The summed E-state index contributed by atoms with van der Waals surface area (Å²) in [6.07, 6.45) is -0.610. The molecule has 31 heavy (non-hydrogen) atoms. The van der Waals surface area contributed by atoms with Gasteiger partial charge >= 0.3 is 0 Å². The minimum atomic E-state index is -0.610. The van der Waals surface area contributed by atoms with Crippen molar-refractivity contribution in [1.29, 1.82) is 0 Å². The molecule has 1 unspecified atom stereocenters. The number of methoxy groups -OCH3 is 3. The molecule has 0 saturated carbocycles. The van der Waals surface area contributed by atoms with Crippen LogP contribution in [0.4, 0.5) is 0 Å². The molecule has 0 bridgehead atoms. The molecule has 9 heteroatoms. The number of aromatic amines is 1. The van der Waals surface area contributed by atoms with Crippen LogP contribution in [0.25, 0.3) is 11.3 Å². The van der Waals surface area contributed by atoms with Crippen molar-refractivity contribution < 1.29 is 24.1 Å². The second-order valence-corrected chi connectivity index (χ2v) is 7.50. The Morgan fingerprint density at radius 2 is 1.87 bits per heavy atom. The summed E-state index contributed by atoms with van der Waals surface area (Å²) in [7, 11) is 4.52. The largest absolute Gasteiger partial charge is 0.504 e. The molecule has 2 N–H and O–H groups in total. The normalized spacial score (nSPS) is 15.6. The molecule has 0 spiro atoms. The van der Waals surface area contributed by atoms with Gasteiger partial charge in [0.1, 0.15) is 5.69 Å². The third kappa shape index (κ3) is 3.74.